The summed E-state index contributed by atoms with van der Waals surface area (Å²) in [7, 11) is 0. The number of carbonyl (C=O) groups is 1. The molecule has 4 nitrogen and oxygen atoms in total. The van der Waals surface area contributed by atoms with E-state index in [1.54, 1.807) is 18.3 Å². The quantitative estimate of drug-likeness (QED) is 0.842. The van der Waals surface area contributed by atoms with E-state index in [1.807, 2.05) is 18.7 Å². The summed E-state index contributed by atoms with van der Waals surface area (Å²) in [6.07, 6.45) is 2.21. The van der Waals surface area contributed by atoms with E-state index in [2.05, 4.69) is 4.98 Å². The zero-order valence-electron chi connectivity index (χ0n) is 10.6. The lowest BCUT2D eigenvalue weighted by atomic mass is 10.1. The molecule has 0 unspecified atom stereocenters. The number of carbonyl (C=O) groups excluding carboxylic acids is 1. The number of rotatable bonds is 4. The van der Waals surface area contributed by atoms with Crippen LogP contribution in [0.1, 0.15) is 20.3 Å². The first-order valence-corrected chi connectivity index (χ1v) is 6.48. The van der Waals surface area contributed by atoms with E-state index in [1.165, 1.54) is 0 Å². The lowest BCUT2D eigenvalue weighted by Crippen LogP contribution is -2.56. The lowest BCUT2D eigenvalue weighted by molar-refractivity contribution is -0.140. The van der Waals surface area contributed by atoms with Gasteiger partial charge in [0, 0.05) is 18.7 Å². The average Bonchev–Trinajstić information content (AvgIpc) is 2.24. The third-order valence-corrected chi connectivity index (χ3v) is 2.99. The van der Waals surface area contributed by atoms with Crippen LogP contribution in [0.2, 0.25) is 5.02 Å². The fraction of sp³-hybridized carbons (Fsp3) is 0.538. The Bertz CT molecular complexity index is 414. The zero-order chi connectivity index (χ0) is 13.1. The topological polar surface area (TPSA) is 42.4 Å². The van der Waals surface area contributed by atoms with E-state index in [0.29, 0.717) is 36.3 Å². The first kappa shape index (κ1) is 13.1. The average molecular weight is 269 g/mol. The Hall–Kier alpha value is -1.29. The first-order chi connectivity index (χ1) is 8.54. The van der Waals surface area contributed by atoms with Gasteiger partial charge in [-0.15, -0.1) is 0 Å². The van der Waals surface area contributed by atoms with Crippen molar-refractivity contribution in [1.29, 1.82) is 0 Å². The van der Waals surface area contributed by atoms with E-state index in [4.69, 9.17) is 16.3 Å². The molecule has 0 N–H and O–H groups in total. The van der Waals surface area contributed by atoms with Gasteiger partial charge in [0.1, 0.15) is 6.10 Å². The second-order valence-electron chi connectivity index (χ2n) is 4.95. The molecule has 2 rings (SSSR count). The molecule has 0 aromatic carbocycles. The molecule has 1 aromatic rings. The van der Waals surface area contributed by atoms with Crippen LogP contribution in [0, 0.1) is 5.92 Å². The fourth-order valence-corrected chi connectivity index (χ4v) is 1.91. The molecule has 2 heterocycles. The van der Waals surface area contributed by atoms with E-state index in [9.17, 15) is 4.79 Å². The minimum absolute atomic E-state index is 0.0507. The number of hydrogen-bond donors (Lipinski definition) is 0. The molecule has 1 fully saturated rings. The maximum absolute atomic E-state index is 11.7. The molecule has 1 amide bonds. The van der Waals surface area contributed by atoms with Gasteiger partial charge in [0.05, 0.1) is 18.1 Å². The van der Waals surface area contributed by atoms with Crippen LogP contribution >= 0.6 is 11.6 Å². The van der Waals surface area contributed by atoms with Crippen LogP contribution in [0.3, 0.4) is 0 Å². The largest absolute Gasteiger partial charge is 0.471 e. The summed E-state index contributed by atoms with van der Waals surface area (Å²) in [5.74, 6) is 1.16. The van der Waals surface area contributed by atoms with Crippen molar-refractivity contribution in [1.82, 2.24) is 9.88 Å². The lowest BCUT2D eigenvalue weighted by Gasteiger charge is -2.39. The summed E-state index contributed by atoms with van der Waals surface area (Å²) in [5, 5.41) is 0.588. The summed E-state index contributed by atoms with van der Waals surface area (Å²) in [4.78, 5) is 17.6. The molecule has 1 aromatic heterocycles. The maximum atomic E-state index is 11.7. The second kappa shape index (κ2) is 5.57. The molecule has 0 atom stereocenters. The normalized spacial score (nSPS) is 15.7. The standard InChI is InChI=1S/C13H17ClN2O2/c1-9(2)5-13(17)16-7-11(8-16)18-12-4-3-10(14)6-15-12/h3-4,6,9,11H,5,7-8H2,1-2H3. The molecule has 0 aliphatic carbocycles. The molecule has 0 spiro atoms. The van der Waals surface area contributed by atoms with Crippen molar-refractivity contribution in [3.05, 3.63) is 23.4 Å². The third kappa shape index (κ3) is 3.35. The van der Waals surface area contributed by atoms with Crippen molar-refractivity contribution in [2.24, 2.45) is 5.92 Å². The number of pyridine rings is 1. The smallest absolute Gasteiger partial charge is 0.223 e. The predicted molar refractivity (Wildman–Crippen MR) is 69.7 cm³/mol. The molecule has 18 heavy (non-hydrogen) atoms. The highest BCUT2D eigenvalue weighted by molar-refractivity contribution is 6.30. The highest BCUT2D eigenvalue weighted by Gasteiger charge is 2.32. The molecular weight excluding hydrogens is 252 g/mol. The van der Waals surface area contributed by atoms with Crippen LogP contribution in [0.4, 0.5) is 0 Å². The molecule has 1 aliphatic rings. The van der Waals surface area contributed by atoms with Crippen molar-refractivity contribution >= 4 is 17.5 Å². The highest BCUT2D eigenvalue weighted by atomic mass is 35.5. The Morgan fingerprint density at radius 2 is 2.28 bits per heavy atom. The highest BCUT2D eigenvalue weighted by Crippen LogP contribution is 2.19. The molecule has 1 aliphatic heterocycles. The van der Waals surface area contributed by atoms with Crippen LogP contribution in [-0.4, -0.2) is 35.0 Å². The molecule has 0 bridgehead atoms. The van der Waals surface area contributed by atoms with Crippen LogP contribution < -0.4 is 4.74 Å². The zero-order valence-corrected chi connectivity index (χ0v) is 11.4. The Morgan fingerprint density at radius 1 is 1.56 bits per heavy atom. The Labute approximate surface area is 112 Å². The van der Waals surface area contributed by atoms with Gasteiger partial charge in [-0.2, -0.15) is 0 Å². The first-order valence-electron chi connectivity index (χ1n) is 6.10. The fourth-order valence-electron chi connectivity index (χ4n) is 1.80. The van der Waals surface area contributed by atoms with Gasteiger partial charge in [-0.25, -0.2) is 4.98 Å². The van der Waals surface area contributed by atoms with Crippen molar-refractivity contribution in [2.75, 3.05) is 13.1 Å². The number of amides is 1. The number of aromatic nitrogens is 1. The molecule has 1 saturated heterocycles. The maximum Gasteiger partial charge on any atom is 0.223 e. The monoisotopic (exact) mass is 268 g/mol. The molecule has 0 saturated carbocycles. The molecule has 5 heteroatoms. The summed E-state index contributed by atoms with van der Waals surface area (Å²) in [6, 6.07) is 3.48. The summed E-state index contributed by atoms with van der Waals surface area (Å²) < 4.78 is 5.63. The minimum Gasteiger partial charge on any atom is -0.471 e. The SMILES string of the molecule is CC(C)CC(=O)N1CC(Oc2ccc(Cl)cn2)C1. The number of nitrogens with zero attached hydrogens (tertiary/aromatic N) is 2. The number of halogens is 1. The van der Waals surface area contributed by atoms with E-state index in [-0.39, 0.29) is 12.0 Å². The number of likely N-dealkylation sites (tertiary alicyclic amines) is 1. The summed E-state index contributed by atoms with van der Waals surface area (Å²) in [6.45, 7) is 5.39. The van der Waals surface area contributed by atoms with Gasteiger partial charge in [0.25, 0.3) is 0 Å². The summed E-state index contributed by atoms with van der Waals surface area (Å²) >= 11 is 5.74. The van der Waals surface area contributed by atoms with E-state index >= 15 is 0 Å². The summed E-state index contributed by atoms with van der Waals surface area (Å²) in [5.41, 5.74) is 0. The van der Waals surface area contributed by atoms with Crippen molar-refractivity contribution in [3.8, 4) is 5.88 Å². The van der Waals surface area contributed by atoms with Crippen LogP contribution in [0.5, 0.6) is 5.88 Å². The molecule has 0 radical (unpaired) electrons. The van der Waals surface area contributed by atoms with Gasteiger partial charge in [-0.05, 0) is 12.0 Å². The van der Waals surface area contributed by atoms with Gasteiger partial charge in [-0.1, -0.05) is 25.4 Å². The Balaban J connectivity index is 1.76. The third-order valence-electron chi connectivity index (χ3n) is 2.77. The van der Waals surface area contributed by atoms with E-state index < -0.39 is 0 Å². The number of ether oxygens (including phenoxy) is 1. The van der Waals surface area contributed by atoms with Crippen LogP contribution in [-0.2, 0) is 4.79 Å². The number of hydrogen-bond acceptors (Lipinski definition) is 3. The second-order valence-corrected chi connectivity index (χ2v) is 5.39. The van der Waals surface area contributed by atoms with Crippen molar-refractivity contribution in [3.63, 3.8) is 0 Å². The van der Waals surface area contributed by atoms with Gasteiger partial charge < -0.3 is 9.64 Å². The van der Waals surface area contributed by atoms with Crippen LogP contribution in [0.15, 0.2) is 18.3 Å². The van der Waals surface area contributed by atoms with Crippen LogP contribution in [0.25, 0.3) is 0 Å². The van der Waals surface area contributed by atoms with Crippen molar-refractivity contribution in [2.45, 2.75) is 26.4 Å². The molecule has 98 valence electrons. The minimum atomic E-state index is 0.0507. The van der Waals surface area contributed by atoms with Gasteiger partial charge in [0.15, 0.2) is 0 Å². The van der Waals surface area contributed by atoms with Gasteiger partial charge >= 0.3 is 0 Å². The molecular formula is C13H17ClN2O2. The van der Waals surface area contributed by atoms with Gasteiger partial charge in [0.2, 0.25) is 11.8 Å². The van der Waals surface area contributed by atoms with Gasteiger partial charge in [-0.3, -0.25) is 4.79 Å². The Morgan fingerprint density at radius 3 is 2.83 bits per heavy atom. The predicted octanol–water partition coefficient (Wildman–Crippen LogP) is 2.37. The van der Waals surface area contributed by atoms with Crippen molar-refractivity contribution < 1.29 is 9.53 Å². The Kier molecular flexibility index (Phi) is 4.07. The van der Waals surface area contributed by atoms with E-state index in [0.717, 1.165) is 0 Å².